The van der Waals surface area contributed by atoms with Gasteiger partial charge in [0.2, 0.25) is 0 Å². The van der Waals surface area contributed by atoms with Gasteiger partial charge in [-0.3, -0.25) is 0 Å². The average Bonchev–Trinajstić information content (AvgIpc) is 2.80. The van der Waals surface area contributed by atoms with Gasteiger partial charge in [0.15, 0.2) is 0 Å². The molecule has 1 aliphatic heterocycles. The van der Waals surface area contributed by atoms with Gasteiger partial charge in [0.1, 0.15) is 5.92 Å². The minimum absolute atomic E-state index is 0.211. The summed E-state index contributed by atoms with van der Waals surface area (Å²) in [5.41, 5.74) is 1.91. The summed E-state index contributed by atoms with van der Waals surface area (Å²) in [7, 11) is 0. The summed E-state index contributed by atoms with van der Waals surface area (Å²) in [6, 6.07) is 4.59. The molecule has 4 aliphatic carbocycles. The molecule has 5 rings (SSSR count). The minimum atomic E-state index is -0.211. The number of hydrogen-bond acceptors (Lipinski definition) is 3. The van der Waals surface area contributed by atoms with Crippen molar-refractivity contribution in [3.05, 3.63) is 11.3 Å². The highest BCUT2D eigenvalue weighted by molar-refractivity contribution is 5.40. The van der Waals surface area contributed by atoms with Crippen molar-refractivity contribution in [1.29, 1.82) is 10.5 Å². The molecule has 4 fully saturated rings. The van der Waals surface area contributed by atoms with Crippen LogP contribution in [0.3, 0.4) is 0 Å². The Hall–Kier alpha value is -1.48. The van der Waals surface area contributed by atoms with E-state index >= 15 is 0 Å². The predicted octanol–water partition coefficient (Wildman–Crippen LogP) is 2.58. The van der Waals surface area contributed by atoms with Gasteiger partial charge in [-0.1, -0.05) is 0 Å². The van der Waals surface area contributed by atoms with Crippen LogP contribution in [-0.2, 0) is 0 Å². The highest BCUT2D eigenvalue weighted by atomic mass is 14.9. The van der Waals surface area contributed by atoms with E-state index in [2.05, 4.69) is 17.5 Å². The molecule has 0 aromatic carbocycles. The van der Waals surface area contributed by atoms with E-state index in [1.807, 2.05) is 0 Å². The van der Waals surface area contributed by atoms with Crippen LogP contribution in [0.1, 0.15) is 32.1 Å². The molecule has 4 saturated carbocycles. The first-order valence-electron chi connectivity index (χ1n) is 7.57. The molecule has 0 aromatic rings. The van der Waals surface area contributed by atoms with E-state index in [4.69, 9.17) is 5.26 Å². The summed E-state index contributed by atoms with van der Waals surface area (Å²) < 4.78 is 0. The zero-order valence-electron chi connectivity index (χ0n) is 11.1. The van der Waals surface area contributed by atoms with Crippen molar-refractivity contribution in [3.8, 4) is 12.1 Å². The van der Waals surface area contributed by atoms with Crippen LogP contribution < -0.4 is 5.32 Å². The van der Waals surface area contributed by atoms with Crippen molar-refractivity contribution < 1.29 is 0 Å². The average molecular weight is 253 g/mol. The lowest BCUT2D eigenvalue weighted by molar-refractivity contribution is -0.0228. The van der Waals surface area contributed by atoms with Crippen LogP contribution in [-0.4, -0.2) is 6.54 Å². The zero-order valence-corrected chi connectivity index (χ0v) is 11.1. The third-order valence-corrected chi connectivity index (χ3v) is 5.97. The molecule has 0 spiro atoms. The second-order valence-corrected chi connectivity index (χ2v) is 6.96. The van der Waals surface area contributed by atoms with E-state index in [0.29, 0.717) is 12.5 Å². The van der Waals surface area contributed by atoms with Crippen LogP contribution in [0, 0.1) is 58.2 Å². The quantitative estimate of drug-likeness (QED) is 0.781. The van der Waals surface area contributed by atoms with Crippen molar-refractivity contribution in [3.63, 3.8) is 0 Å². The molecule has 1 unspecified atom stereocenters. The van der Waals surface area contributed by atoms with Crippen LogP contribution in [0.25, 0.3) is 0 Å². The van der Waals surface area contributed by atoms with Crippen molar-refractivity contribution >= 4 is 0 Å². The van der Waals surface area contributed by atoms with Crippen LogP contribution >= 0.6 is 0 Å². The predicted molar refractivity (Wildman–Crippen MR) is 70.3 cm³/mol. The Kier molecular flexibility index (Phi) is 2.39. The lowest BCUT2D eigenvalue weighted by atomic mass is 9.51. The lowest BCUT2D eigenvalue weighted by Crippen LogP contribution is -2.47. The first-order valence-corrected chi connectivity index (χ1v) is 7.57. The molecule has 1 heterocycles. The number of nitrogens with zero attached hydrogens (tertiary/aromatic N) is 2. The fraction of sp³-hybridized carbons (Fsp3) is 0.750. The summed E-state index contributed by atoms with van der Waals surface area (Å²) in [6.45, 7) is 0.650. The highest BCUT2D eigenvalue weighted by Crippen LogP contribution is 2.58. The molecule has 1 atom stereocenters. The zero-order chi connectivity index (χ0) is 13.0. The SMILES string of the molecule is N#CC1=C(C2C3CC4CC(C3)CC2C4)NCC1C#N. The number of allylic oxidation sites excluding steroid dienone is 1. The summed E-state index contributed by atoms with van der Waals surface area (Å²) in [6.07, 6.45) is 6.90. The topological polar surface area (TPSA) is 59.6 Å². The molecule has 1 N–H and O–H groups in total. The molecule has 19 heavy (non-hydrogen) atoms. The van der Waals surface area contributed by atoms with E-state index in [9.17, 15) is 5.26 Å². The number of rotatable bonds is 1. The Morgan fingerprint density at radius 2 is 1.58 bits per heavy atom. The minimum Gasteiger partial charge on any atom is -0.386 e. The molecule has 98 valence electrons. The molecule has 0 amide bonds. The molecule has 0 aromatic heterocycles. The van der Waals surface area contributed by atoms with E-state index < -0.39 is 0 Å². The monoisotopic (exact) mass is 253 g/mol. The maximum atomic E-state index is 9.39. The standard InChI is InChI=1S/C16H19N3/c17-6-13-8-19-16(14(13)7-18)15-11-2-9-1-10(4-11)5-12(15)3-9/h9-13,15,19H,1-5,8H2. The van der Waals surface area contributed by atoms with Crippen molar-refractivity contribution in [1.82, 2.24) is 5.32 Å². The number of nitriles is 2. The first kappa shape index (κ1) is 11.4. The molecular weight excluding hydrogens is 234 g/mol. The van der Waals surface area contributed by atoms with E-state index in [0.717, 1.165) is 34.9 Å². The molecular formula is C16H19N3. The summed E-state index contributed by atoms with van der Waals surface area (Å²) >= 11 is 0. The van der Waals surface area contributed by atoms with E-state index in [-0.39, 0.29) is 5.92 Å². The fourth-order valence-electron chi connectivity index (χ4n) is 5.54. The number of hydrogen-bond donors (Lipinski definition) is 1. The third kappa shape index (κ3) is 1.54. The Morgan fingerprint density at radius 1 is 0.947 bits per heavy atom. The van der Waals surface area contributed by atoms with Crippen molar-refractivity contribution in [2.75, 3.05) is 6.54 Å². The van der Waals surface area contributed by atoms with Gasteiger partial charge in [-0.05, 0) is 55.8 Å². The number of nitrogens with one attached hydrogen (secondary N) is 1. The Morgan fingerprint density at radius 3 is 2.11 bits per heavy atom. The fourth-order valence-corrected chi connectivity index (χ4v) is 5.54. The van der Waals surface area contributed by atoms with Gasteiger partial charge in [-0.2, -0.15) is 10.5 Å². The lowest BCUT2D eigenvalue weighted by Gasteiger charge is -2.54. The van der Waals surface area contributed by atoms with E-state index in [1.165, 1.54) is 32.1 Å². The second-order valence-electron chi connectivity index (χ2n) is 6.96. The van der Waals surface area contributed by atoms with Crippen molar-refractivity contribution in [2.24, 2.45) is 35.5 Å². The maximum absolute atomic E-state index is 9.39. The van der Waals surface area contributed by atoms with Crippen LogP contribution in [0.2, 0.25) is 0 Å². The van der Waals surface area contributed by atoms with Gasteiger partial charge in [0.05, 0.1) is 17.7 Å². The highest BCUT2D eigenvalue weighted by Gasteiger charge is 2.50. The van der Waals surface area contributed by atoms with Crippen LogP contribution in [0.15, 0.2) is 11.3 Å². The third-order valence-electron chi connectivity index (χ3n) is 5.97. The summed E-state index contributed by atoms with van der Waals surface area (Å²) in [4.78, 5) is 0. The first-order chi connectivity index (χ1) is 9.30. The second kappa shape index (κ2) is 4.01. The molecule has 0 saturated heterocycles. The van der Waals surface area contributed by atoms with Gasteiger partial charge in [0, 0.05) is 18.2 Å². The molecule has 3 nitrogen and oxygen atoms in total. The summed E-state index contributed by atoms with van der Waals surface area (Å²) in [5.74, 6) is 3.81. The molecule has 5 aliphatic rings. The Labute approximate surface area is 114 Å². The Bertz CT molecular complexity index is 491. The maximum Gasteiger partial charge on any atom is 0.100 e. The normalized spacial score (nSPS) is 46.8. The summed E-state index contributed by atoms with van der Waals surface area (Å²) in [5, 5.41) is 22.0. The van der Waals surface area contributed by atoms with Gasteiger partial charge >= 0.3 is 0 Å². The van der Waals surface area contributed by atoms with Gasteiger partial charge in [-0.25, -0.2) is 0 Å². The van der Waals surface area contributed by atoms with E-state index in [1.54, 1.807) is 0 Å². The smallest absolute Gasteiger partial charge is 0.100 e. The van der Waals surface area contributed by atoms with Gasteiger partial charge in [-0.15, -0.1) is 0 Å². The molecule has 4 bridgehead atoms. The van der Waals surface area contributed by atoms with Crippen molar-refractivity contribution in [2.45, 2.75) is 32.1 Å². The molecule has 0 radical (unpaired) electrons. The largest absolute Gasteiger partial charge is 0.386 e. The molecule has 3 heteroatoms. The van der Waals surface area contributed by atoms with Gasteiger partial charge < -0.3 is 5.32 Å². The van der Waals surface area contributed by atoms with Gasteiger partial charge in [0.25, 0.3) is 0 Å². The van der Waals surface area contributed by atoms with Crippen LogP contribution in [0.5, 0.6) is 0 Å². The Balaban J connectivity index is 1.70. The van der Waals surface area contributed by atoms with Crippen LogP contribution in [0.4, 0.5) is 0 Å².